The van der Waals surface area contributed by atoms with Crippen molar-refractivity contribution in [1.82, 2.24) is 9.97 Å². The Morgan fingerprint density at radius 3 is 2.83 bits per heavy atom. The van der Waals surface area contributed by atoms with Crippen molar-refractivity contribution < 1.29 is 22.4 Å². The van der Waals surface area contributed by atoms with E-state index >= 15 is 0 Å². The number of rotatable bonds is 6. The number of aromatic nitrogens is 2. The molecule has 0 aliphatic heterocycles. The van der Waals surface area contributed by atoms with Crippen molar-refractivity contribution in [3.05, 3.63) is 75.9 Å². The third-order valence-electron chi connectivity index (χ3n) is 4.06. The predicted octanol–water partition coefficient (Wildman–Crippen LogP) is 5.65. The minimum Gasteiger partial charge on any atom is -0.462 e. The molecule has 30 heavy (non-hydrogen) atoms. The van der Waals surface area contributed by atoms with E-state index in [-0.39, 0.29) is 12.3 Å². The van der Waals surface area contributed by atoms with Crippen molar-refractivity contribution in [2.45, 2.75) is 19.0 Å². The maximum absolute atomic E-state index is 12.8. The Balaban J connectivity index is 1.36. The smallest absolute Gasteiger partial charge is 0.416 e. The lowest BCUT2D eigenvalue weighted by molar-refractivity contribution is -0.137. The van der Waals surface area contributed by atoms with Crippen molar-refractivity contribution in [1.29, 1.82) is 0 Å². The summed E-state index contributed by atoms with van der Waals surface area (Å²) >= 11 is 2.61. The molecule has 4 rings (SSSR count). The second-order valence-corrected chi connectivity index (χ2v) is 8.33. The molecule has 10 heteroatoms. The Morgan fingerprint density at radius 2 is 2.07 bits per heavy atom. The topological polar surface area (TPSA) is 68.0 Å². The Hall–Kier alpha value is -2.98. The van der Waals surface area contributed by atoms with E-state index < -0.39 is 11.7 Å². The van der Waals surface area contributed by atoms with Gasteiger partial charge in [-0.1, -0.05) is 18.2 Å². The van der Waals surface area contributed by atoms with E-state index in [9.17, 15) is 18.0 Å². The highest BCUT2D eigenvalue weighted by atomic mass is 32.1. The Bertz CT molecular complexity index is 1150. The van der Waals surface area contributed by atoms with Crippen LogP contribution in [0.5, 0.6) is 0 Å². The van der Waals surface area contributed by atoms with Crippen LogP contribution < -0.4 is 5.32 Å². The lowest BCUT2D eigenvalue weighted by Crippen LogP contribution is -2.14. The zero-order valence-electron chi connectivity index (χ0n) is 15.3. The van der Waals surface area contributed by atoms with Crippen LogP contribution in [-0.4, -0.2) is 15.9 Å². The highest BCUT2D eigenvalue weighted by molar-refractivity contribution is 7.15. The van der Waals surface area contributed by atoms with Gasteiger partial charge in [0.1, 0.15) is 0 Å². The number of nitrogens with one attached hydrogen (secondary N) is 1. The number of hydrogen-bond donors (Lipinski definition) is 1. The molecule has 5 nitrogen and oxygen atoms in total. The van der Waals surface area contributed by atoms with Gasteiger partial charge in [-0.2, -0.15) is 13.2 Å². The molecule has 0 bridgehead atoms. The summed E-state index contributed by atoms with van der Waals surface area (Å²) in [6.45, 7) is 0. The number of hydrogen-bond acceptors (Lipinski definition) is 6. The molecule has 3 aromatic heterocycles. The van der Waals surface area contributed by atoms with Gasteiger partial charge in [-0.25, -0.2) is 9.97 Å². The fraction of sp³-hybridized carbons (Fsp3) is 0.150. The van der Waals surface area contributed by atoms with Crippen LogP contribution in [0.3, 0.4) is 0 Å². The summed E-state index contributed by atoms with van der Waals surface area (Å²) < 4.78 is 43.8. The Morgan fingerprint density at radius 1 is 1.20 bits per heavy atom. The SMILES string of the molecule is O=C(Cc1csc(-c2ccco2)n1)Nc1ncc(Cc2cccc(C(F)(F)F)c2)s1. The van der Waals surface area contributed by atoms with Gasteiger partial charge in [-0.05, 0) is 23.8 Å². The van der Waals surface area contributed by atoms with E-state index in [1.807, 2.05) is 0 Å². The normalized spacial score (nSPS) is 11.6. The number of carbonyl (C=O) groups excluding carboxylic acids is 1. The number of amides is 1. The van der Waals surface area contributed by atoms with Gasteiger partial charge in [0, 0.05) is 22.9 Å². The second kappa shape index (κ2) is 8.41. The first-order valence-electron chi connectivity index (χ1n) is 8.76. The lowest BCUT2D eigenvalue weighted by atomic mass is 10.1. The molecule has 0 fully saturated rings. The van der Waals surface area contributed by atoms with Crippen LogP contribution in [0.25, 0.3) is 10.8 Å². The molecule has 0 spiro atoms. The number of benzene rings is 1. The van der Waals surface area contributed by atoms with Gasteiger partial charge in [0.15, 0.2) is 15.9 Å². The molecule has 4 aromatic rings. The standard InChI is InChI=1S/C20H14F3N3O2S2/c21-20(22,23)13-4-1-3-12(7-13)8-15-10-24-19(30-15)26-17(27)9-14-11-29-18(25-14)16-5-2-6-28-16/h1-7,10-11H,8-9H2,(H,24,26,27). The molecule has 0 aliphatic rings. The van der Waals surface area contributed by atoms with Crippen molar-refractivity contribution in [3.63, 3.8) is 0 Å². The zero-order chi connectivity index (χ0) is 21.1. The summed E-state index contributed by atoms with van der Waals surface area (Å²) in [6.07, 6.45) is -0.883. The van der Waals surface area contributed by atoms with E-state index in [1.54, 1.807) is 36.0 Å². The Kier molecular flexibility index (Phi) is 5.69. The number of alkyl halides is 3. The second-order valence-electron chi connectivity index (χ2n) is 6.35. The predicted molar refractivity (Wildman–Crippen MR) is 109 cm³/mol. The van der Waals surface area contributed by atoms with Gasteiger partial charge in [-0.3, -0.25) is 4.79 Å². The summed E-state index contributed by atoms with van der Waals surface area (Å²) in [4.78, 5) is 21.5. The molecule has 1 amide bonds. The summed E-state index contributed by atoms with van der Waals surface area (Å²) in [6, 6.07) is 8.74. The third-order valence-corrected chi connectivity index (χ3v) is 5.88. The van der Waals surface area contributed by atoms with Crippen LogP contribution in [0.2, 0.25) is 0 Å². The molecule has 1 aromatic carbocycles. The minimum atomic E-state index is -4.38. The molecule has 154 valence electrons. The summed E-state index contributed by atoms with van der Waals surface area (Å²) in [5.74, 6) is 0.372. The maximum atomic E-state index is 12.8. The van der Waals surface area contributed by atoms with E-state index in [0.717, 1.165) is 17.0 Å². The Labute approximate surface area is 177 Å². The van der Waals surface area contributed by atoms with Crippen molar-refractivity contribution in [2.24, 2.45) is 0 Å². The van der Waals surface area contributed by atoms with Crippen LogP contribution in [0.1, 0.15) is 21.7 Å². The molecule has 1 N–H and O–H groups in total. The van der Waals surface area contributed by atoms with E-state index in [0.29, 0.717) is 33.6 Å². The van der Waals surface area contributed by atoms with Crippen molar-refractivity contribution in [2.75, 3.05) is 5.32 Å². The summed E-state index contributed by atoms with van der Waals surface area (Å²) in [5, 5.41) is 5.58. The molecule has 0 aliphatic carbocycles. The van der Waals surface area contributed by atoms with Gasteiger partial charge >= 0.3 is 6.18 Å². The van der Waals surface area contributed by atoms with E-state index in [2.05, 4.69) is 15.3 Å². The molecule has 0 atom stereocenters. The van der Waals surface area contributed by atoms with Gasteiger partial charge in [-0.15, -0.1) is 22.7 Å². The van der Waals surface area contributed by atoms with Gasteiger partial charge in [0.2, 0.25) is 5.91 Å². The van der Waals surface area contributed by atoms with Crippen molar-refractivity contribution >= 4 is 33.7 Å². The van der Waals surface area contributed by atoms with Crippen molar-refractivity contribution in [3.8, 4) is 10.8 Å². The summed E-state index contributed by atoms with van der Waals surface area (Å²) in [7, 11) is 0. The molecule has 0 unspecified atom stereocenters. The molecule has 0 saturated carbocycles. The first-order valence-corrected chi connectivity index (χ1v) is 10.5. The molecule has 0 radical (unpaired) electrons. The van der Waals surface area contributed by atoms with Crippen LogP contribution in [0.15, 0.2) is 58.7 Å². The molecule has 0 saturated heterocycles. The zero-order valence-corrected chi connectivity index (χ0v) is 16.9. The number of furan rings is 1. The lowest BCUT2D eigenvalue weighted by Gasteiger charge is -2.07. The highest BCUT2D eigenvalue weighted by Gasteiger charge is 2.30. The quantitative estimate of drug-likeness (QED) is 0.413. The van der Waals surface area contributed by atoms with Gasteiger partial charge in [0.25, 0.3) is 0 Å². The van der Waals surface area contributed by atoms with Gasteiger partial charge in [0.05, 0.1) is 23.9 Å². The molecular weight excluding hydrogens is 435 g/mol. The average Bonchev–Trinajstić information content (AvgIpc) is 3.43. The number of halogens is 3. The number of thiazole rings is 2. The first kappa shape index (κ1) is 20.3. The number of anilines is 1. The highest BCUT2D eigenvalue weighted by Crippen LogP contribution is 2.30. The largest absolute Gasteiger partial charge is 0.462 e. The maximum Gasteiger partial charge on any atom is 0.416 e. The van der Waals surface area contributed by atoms with Crippen LogP contribution in [-0.2, 0) is 23.8 Å². The number of carbonyl (C=O) groups is 1. The summed E-state index contributed by atoms with van der Waals surface area (Å²) in [5.41, 5.74) is 0.458. The number of nitrogens with zero attached hydrogens (tertiary/aromatic N) is 2. The van der Waals surface area contributed by atoms with Crippen LogP contribution in [0, 0.1) is 0 Å². The van der Waals surface area contributed by atoms with Gasteiger partial charge < -0.3 is 9.73 Å². The third kappa shape index (κ3) is 4.95. The fourth-order valence-electron chi connectivity index (χ4n) is 2.74. The minimum absolute atomic E-state index is 0.0831. The van der Waals surface area contributed by atoms with Crippen LogP contribution in [0.4, 0.5) is 18.3 Å². The fourth-order valence-corrected chi connectivity index (χ4v) is 4.38. The van der Waals surface area contributed by atoms with E-state index in [1.165, 1.54) is 28.7 Å². The first-order chi connectivity index (χ1) is 14.4. The van der Waals surface area contributed by atoms with E-state index in [4.69, 9.17) is 4.42 Å². The monoisotopic (exact) mass is 449 g/mol. The molecule has 3 heterocycles. The molecular formula is C20H14F3N3O2S2. The van der Waals surface area contributed by atoms with Crippen LogP contribution >= 0.6 is 22.7 Å². The average molecular weight is 449 g/mol.